The number of pyridine rings is 1. The van der Waals surface area contributed by atoms with Crippen LogP contribution in [0.3, 0.4) is 0 Å². The van der Waals surface area contributed by atoms with Crippen molar-refractivity contribution in [2.75, 3.05) is 14.2 Å². The summed E-state index contributed by atoms with van der Waals surface area (Å²) in [6.07, 6.45) is 1.12. The lowest BCUT2D eigenvalue weighted by atomic mass is 10.2. The molecule has 0 bridgehead atoms. The van der Waals surface area contributed by atoms with Gasteiger partial charge in [-0.2, -0.15) is 5.26 Å². The first kappa shape index (κ1) is 23.1. The molecule has 1 heterocycles. The number of aryl methyl sites for hydroxylation is 1. The lowest BCUT2D eigenvalue weighted by molar-refractivity contribution is -0.134. The van der Waals surface area contributed by atoms with E-state index in [-0.39, 0.29) is 5.88 Å². The van der Waals surface area contributed by atoms with Gasteiger partial charge in [0.15, 0.2) is 11.5 Å². The molecule has 0 atom stereocenters. The van der Waals surface area contributed by atoms with Gasteiger partial charge in [-0.05, 0) is 32.2 Å². The van der Waals surface area contributed by atoms with E-state index in [4.69, 9.17) is 24.9 Å². The molecule has 0 spiro atoms. The van der Waals surface area contributed by atoms with Gasteiger partial charge < -0.3 is 25.0 Å². The number of nitrogens with one attached hydrogen (secondary N) is 1. The highest BCUT2D eigenvalue weighted by molar-refractivity contribution is 5.89. The smallest absolute Gasteiger partial charge is 0.328 e. The summed E-state index contributed by atoms with van der Waals surface area (Å²) in [7, 11) is 3.46. The molecule has 0 aliphatic rings. The zero-order valence-electron chi connectivity index (χ0n) is 16.2. The molecule has 0 aliphatic heterocycles. The molecule has 1 aromatic carbocycles. The average Bonchev–Trinajstić information content (AvgIpc) is 2.68. The molecule has 2 rings (SSSR count). The fourth-order valence-corrected chi connectivity index (χ4v) is 2.15. The third-order valence-corrected chi connectivity index (χ3v) is 3.33. The zero-order valence-corrected chi connectivity index (χ0v) is 16.2. The van der Waals surface area contributed by atoms with E-state index in [0.29, 0.717) is 35.8 Å². The Morgan fingerprint density at radius 1 is 1.21 bits per heavy atom. The number of rotatable bonds is 7. The number of carbonyl (C=O) groups is 2. The van der Waals surface area contributed by atoms with E-state index in [9.17, 15) is 9.59 Å². The maximum atomic E-state index is 9.55. The normalized spacial score (nSPS) is 9.86. The molecule has 3 N–H and O–H groups in total. The summed E-state index contributed by atoms with van der Waals surface area (Å²) in [4.78, 5) is 23.4. The number of methoxy groups -OCH3 is 1. The number of benzene rings is 1. The van der Waals surface area contributed by atoms with Crippen LogP contribution in [0.25, 0.3) is 0 Å². The molecule has 29 heavy (non-hydrogen) atoms. The van der Waals surface area contributed by atoms with E-state index in [1.807, 2.05) is 26.1 Å². The van der Waals surface area contributed by atoms with E-state index in [0.717, 1.165) is 11.3 Å². The number of hydrogen-bond donors (Lipinski definition) is 3. The molecule has 0 amide bonds. The van der Waals surface area contributed by atoms with Crippen LogP contribution in [0.5, 0.6) is 17.4 Å². The van der Waals surface area contributed by atoms with Crippen molar-refractivity contribution in [1.82, 2.24) is 10.3 Å². The minimum Gasteiger partial charge on any atom is -0.492 e. The van der Waals surface area contributed by atoms with Gasteiger partial charge in [0.1, 0.15) is 11.6 Å². The molecule has 0 radical (unpaired) electrons. The number of ether oxygens (including phenoxy) is 2. The topological polar surface area (TPSA) is 142 Å². The van der Waals surface area contributed by atoms with Crippen molar-refractivity contribution in [3.63, 3.8) is 0 Å². The summed E-state index contributed by atoms with van der Waals surface area (Å²) >= 11 is 0. The molecule has 0 unspecified atom stereocenters. The number of carboxylic acid groups (broad SMARTS) is 2. The highest BCUT2D eigenvalue weighted by Gasteiger charge is 2.13. The second kappa shape index (κ2) is 11.7. The summed E-state index contributed by atoms with van der Waals surface area (Å²) in [5, 5.41) is 27.8. The van der Waals surface area contributed by atoms with E-state index in [1.54, 1.807) is 25.3 Å². The van der Waals surface area contributed by atoms with Crippen LogP contribution in [0, 0.1) is 18.3 Å². The molecule has 0 fully saturated rings. The van der Waals surface area contributed by atoms with Gasteiger partial charge in [-0.1, -0.05) is 12.1 Å². The predicted molar refractivity (Wildman–Crippen MR) is 104 cm³/mol. The van der Waals surface area contributed by atoms with E-state index < -0.39 is 11.9 Å². The fraction of sp³-hybridized carbons (Fsp3) is 0.200. The fourth-order valence-electron chi connectivity index (χ4n) is 2.15. The maximum Gasteiger partial charge on any atom is 0.328 e. The number of hydrogen-bond acceptors (Lipinski definition) is 7. The van der Waals surface area contributed by atoms with E-state index in [2.05, 4.69) is 16.4 Å². The molecule has 2 aromatic rings. The Bertz CT molecular complexity index is 918. The Hall–Kier alpha value is -3.90. The Morgan fingerprint density at radius 2 is 1.86 bits per heavy atom. The second-order valence-electron chi connectivity index (χ2n) is 5.51. The van der Waals surface area contributed by atoms with Crippen LogP contribution in [-0.2, 0) is 16.1 Å². The number of nitrogens with zero attached hydrogens (tertiary/aromatic N) is 2. The summed E-state index contributed by atoms with van der Waals surface area (Å²) in [6, 6.07) is 11.2. The molecule has 0 saturated heterocycles. The van der Waals surface area contributed by atoms with Crippen LogP contribution >= 0.6 is 0 Å². The number of carboxylic acids is 2. The van der Waals surface area contributed by atoms with Crippen LogP contribution in [0.15, 0.2) is 42.5 Å². The Morgan fingerprint density at radius 3 is 2.38 bits per heavy atom. The molecular weight excluding hydrogens is 378 g/mol. The van der Waals surface area contributed by atoms with Crippen molar-refractivity contribution in [3.8, 4) is 23.4 Å². The van der Waals surface area contributed by atoms with Gasteiger partial charge in [0.25, 0.3) is 0 Å². The zero-order chi connectivity index (χ0) is 21.8. The van der Waals surface area contributed by atoms with Gasteiger partial charge in [0, 0.05) is 30.0 Å². The largest absolute Gasteiger partial charge is 0.492 e. The highest BCUT2D eigenvalue weighted by Crippen LogP contribution is 2.34. The van der Waals surface area contributed by atoms with Gasteiger partial charge in [-0.3, -0.25) is 0 Å². The van der Waals surface area contributed by atoms with Crippen molar-refractivity contribution in [2.24, 2.45) is 0 Å². The minimum atomic E-state index is -1.26. The molecule has 0 saturated carbocycles. The maximum absolute atomic E-state index is 9.55. The standard InChI is InChI=1S/C16H17N3O2.C4H4O4/c1-11-7-8-12(9-17)16(19-11)21-14-6-4-5-13(10-18-2)15(14)20-3;5-3(6)1-2-4(7)8/h4-8,18H,10H2,1-3H3;1-2H,(H,5,6)(H,7,8)/b;2-1+. The minimum absolute atomic E-state index is 0.289. The lowest BCUT2D eigenvalue weighted by Crippen LogP contribution is -2.07. The molecule has 152 valence electrons. The lowest BCUT2D eigenvalue weighted by Gasteiger charge is -2.14. The third-order valence-electron chi connectivity index (χ3n) is 3.33. The summed E-state index contributed by atoms with van der Waals surface area (Å²) < 4.78 is 11.2. The average molecular weight is 399 g/mol. The van der Waals surface area contributed by atoms with Crippen LogP contribution in [-0.4, -0.2) is 41.3 Å². The first-order valence-corrected chi connectivity index (χ1v) is 8.32. The van der Waals surface area contributed by atoms with Crippen LogP contribution in [0.2, 0.25) is 0 Å². The summed E-state index contributed by atoms with van der Waals surface area (Å²) in [5.74, 6) is -1.05. The first-order chi connectivity index (χ1) is 13.8. The van der Waals surface area contributed by atoms with E-state index >= 15 is 0 Å². The number of para-hydroxylation sites is 1. The van der Waals surface area contributed by atoms with Crippen LogP contribution < -0.4 is 14.8 Å². The summed E-state index contributed by atoms with van der Waals surface area (Å²) in [5.41, 5.74) is 2.15. The third kappa shape index (κ3) is 7.70. The molecule has 1 aromatic heterocycles. The van der Waals surface area contributed by atoms with Gasteiger partial charge in [-0.25, -0.2) is 14.6 Å². The van der Waals surface area contributed by atoms with Crippen molar-refractivity contribution in [2.45, 2.75) is 13.5 Å². The highest BCUT2D eigenvalue weighted by atomic mass is 16.5. The Kier molecular flexibility index (Phi) is 9.37. The molecule has 0 aliphatic carbocycles. The second-order valence-corrected chi connectivity index (χ2v) is 5.51. The Balaban J connectivity index is 0.000000447. The SMILES string of the molecule is CNCc1cccc(Oc2nc(C)ccc2C#N)c1OC.O=C(O)/C=C/C(=O)O. The monoisotopic (exact) mass is 399 g/mol. The first-order valence-electron chi connectivity index (χ1n) is 8.32. The van der Waals surface area contributed by atoms with Crippen molar-refractivity contribution in [3.05, 3.63) is 59.3 Å². The van der Waals surface area contributed by atoms with Gasteiger partial charge in [0.05, 0.1) is 7.11 Å². The number of nitriles is 1. The summed E-state index contributed by atoms with van der Waals surface area (Å²) in [6.45, 7) is 2.51. The van der Waals surface area contributed by atoms with Crippen LogP contribution in [0.4, 0.5) is 0 Å². The quantitative estimate of drug-likeness (QED) is 0.598. The van der Waals surface area contributed by atoms with Gasteiger partial charge in [-0.15, -0.1) is 0 Å². The molecule has 9 heteroatoms. The Labute approximate surface area is 167 Å². The van der Waals surface area contributed by atoms with E-state index in [1.165, 1.54) is 0 Å². The predicted octanol–water partition coefficient (Wildman–Crippen LogP) is 2.49. The van der Waals surface area contributed by atoms with Crippen LogP contribution in [0.1, 0.15) is 16.8 Å². The van der Waals surface area contributed by atoms with Crippen molar-refractivity contribution < 1.29 is 29.3 Å². The number of aromatic nitrogens is 1. The molecular formula is C20H21N3O6. The van der Waals surface area contributed by atoms with Crippen molar-refractivity contribution in [1.29, 1.82) is 5.26 Å². The molecule has 9 nitrogen and oxygen atoms in total. The van der Waals surface area contributed by atoms with Gasteiger partial charge >= 0.3 is 11.9 Å². The number of aliphatic carboxylic acids is 2. The van der Waals surface area contributed by atoms with Crippen molar-refractivity contribution >= 4 is 11.9 Å². The van der Waals surface area contributed by atoms with Gasteiger partial charge in [0.2, 0.25) is 5.88 Å².